The van der Waals surface area contributed by atoms with Gasteiger partial charge in [-0.2, -0.15) is 0 Å². The molecule has 1 unspecified atom stereocenters. The van der Waals surface area contributed by atoms with Crippen LogP contribution in [0.1, 0.15) is 23.2 Å². The van der Waals surface area contributed by atoms with Crippen LogP contribution in [0.5, 0.6) is 5.75 Å². The number of benzene rings is 1. The number of carbonyl (C=O) groups is 1. The van der Waals surface area contributed by atoms with E-state index in [0.717, 1.165) is 19.4 Å². The fourth-order valence-corrected chi connectivity index (χ4v) is 2.63. The van der Waals surface area contributed by atoms with Crippen molar-refractivity contribution >= 4 is 17.5 Å². The van der Waals surface area contributed by atoms with Gasteiger partial charge in [0.25, 0.3) is 5.91 Å². The molecule has 0 saturated carbocycles. The average molecular weight is 284 g/mol. The van der Waals surface area contributed by atoms with Crippen molar-refractivity contribution in [2.24, 2.45) is 5.92 Å². The van der Waals surface area contributed by atoms with Gasteiger partial charge in [-0.05, 0) is 37.0 Å². The van der Waals surface area contributed by atoms with Gasteiger partial charge in [0.05, 0.1) is 12.7 Å². The van der Waals surface area contributed by atoms with E-state index in [4.69, 9.17) is 21.4 Å². The Bertz CT molecular complexity index is 464. The number of amides is 1. The van der Waals surface area contributed by atoms with E-state index in [0.29, 0.717) is 28.8 Å². The standard InChI is InChI=1S/C14H18ClNO3/c1-19-13-3-2-11(15)8-12(13)14(18)16-6-4-10(9-16)5-7-17/h2-3,8,10,17H,4-7,9H2,1H3. The van der Waals surface area contributed by atoms with Crippen LogP contribution in [0.3, 0.4) is 0 Å². The number of aliphatic hydroxyl groups is 1. The monoisotopic (exact) mass is 283 g/mol. The predicted octanol–water partition coefficient (Wildman–Crippen LogP) is 2.19. The van der Waals surface area contributed by atoms with Gasteiger partial charge in [0.2, 0.25) is 0 Å². The molecule has 19 heavy (non-hydrogen) atoms. The Morgan fingerprint density at radius 3 is 3.05 bits per heavy atom. The summed E-state index contributed by atoms with van der Waals surface area (Å²) >= 11 is 5.94. The molecule has 1 aromatic rings. The van der Waals surface area contributed by atoms with Gasteiger partial charge < -0.3 is 14.7 Å². The lowest BCUT2D eigenvalue weighted by molar-refractivity contribution is 0.0781. The van der Waals surface area contributed by atoms with Crippen LogP contribution in [-0.4, -0.2) is 42.7 Å². The lowest BCUT2D eigenvalue weighted by Gasteiger charge is -2.18. The second-order valence-electron chi connectivity index (χ2n) is 4.76. The molecule has 1 aromatic carbocycles. The number of hydrogen-bond donors (Lipinski definition) is 1. The molecule has 0 aliphatic carbocycles. The summed E-state index contributed by atoms with van der Waals surface area (Å²) in [6.07, 6.45) is 1.69. The molecule has 0 radical (unpaired) electrons. The van der Waals surface area contributed by atoms with Crippen molar-refractivity contribution in [1.82, 2.24) is 4.90 Å². The average Bonchev–Trinajstić information content (AvgIpc) is 2.87. The third-order valence-corrected chi connectivity index (χ3v) is 3.74. The van der Waals surface area contributed by atoms with Crippen molar-refractivity contribution in [2.75, 3.05) is 26.8 Å². The quantitative estimate of drug-likeness (QED) is 0.921. The van der Waals surface area contributed by atoms with Crippen molar-refractivity contribution in [1.29, 1.82) is 0 Å². The summed E-state index contributed by atoms with van der Waals surface area (Å²) in [7, 11) is 1.54. The number of aliphatic hydroxyl groups excluding tert-OH is 1. The molecule has 0 spiro atoms. The minimum atomic E-state index is -0.0558. The van der Waals surface area contributed by atoms with E-state index in [-0.39, 0.29) is 12.5 Å². The number of nitrogens with zero attached hydrogens (tertiary/aromatic N) is 1. The van der Waals surface area contributed by atoms with E-state index in [1.165, 1.54) is 0 Å². The first kappa shape index (κ1) is 14.2. The normalized spacial score (nSPS) is 18.7. The third-order valence-electron chi connectivity index (χ3n) is 3.50. The molecule has 4 nitrogen and oxygen atoms in total. The summed E-state index contributed by atoms with van der Waals surface area (Å²) in [6, 6.07) is 5.05. The highest BCUT2D eigenvalue weighted by Crippen LogP contribution is 2.27. The summed E-state index contributed by atoms with van der Waals surface area (Å²) < 4.78 is 5.21. The maximum atomic E-state index is 12.5. The fourth-order valence-electron chi connectivity index (χ4n) is 2.45. The highest BCUT2D eigenvalue weighted by Gasteiger charge is 2.28. The summed E-state index contributed by atoms with van der Waals surface area (Å²) in [4.78, 5) is 14.3. The summed E-state index contributed by atoms with van der Waals surface area (Å²) in [5.41, 5.74) is 0.500. The Morgan fingerprint density at radius 1 is 1.58 bits per heavy atom. The summed E-state index contributed by atoms with van der Waals surface area (Å²) in [5.74, 6) is 0.874. The van der Waals surface area contributed by atoms with Gasteiger partial charge in [0.15, 0.2) is 0 Å². The number of halogens is 1. The first-order valence-corrected chi connectivity index (χ1v) is 6.77. The molecule has 1 amide bonds. The van der Waals surface area contributed by atoms with E-state index in [1.807, 2.05) is 0 Å². The van der Waals surface area contributed by atoms with Crippen LogP contribution < -0.4 is 4.74 Å². The first-order chi connectivity index (χ1) is 9.15. The molecule has 104 valence electrons. The molecule has 5 heteroatoms. The SMILES string of the molecule is COc1ccc(Cl)cc1C(=O)N1CCC(CCO)C1. The van der Waals surface area contributed by atoms with Crippen LogP contribution in [0, 0.1) is 5.92 Å². The lowest BCUT2D eigenvalue weighted by atomic mass is 10.1. The number of hydrogen-bond acceptors (Lipinski definition) is 3. The van der Waals surface area contributed by atoms with Crippen molar-refractivity contribution in [2.45, 2.75) is 12.8 Å². The second-order valence-corrected chi connectivity index (χ2v) is 5.20. The molecule has 0 aromatic heterocycles. The van der Waals surface area contributed by atoms with Gasteiger partial charge in [0, 0.05) is 24.7 Å². The van der Waals surface area contributed by atoms with Crippen molar-refractivity contribution in [3.63, 3.8) is 0 Å². The number of rotatable bonds is 4. The zero-order chi connectivity index (χ0) is 13.8. The number of methoxy groups -OCH3 is 1. The Kier molecular flexibility index (Phi) is 4.66. The van der Waals surface area contributed by atoms with Crippen molar-refractivity contribution in [3.05, 3.63) is 28.8 Å². The van der Waals surface area contributed by atoms with Gasteiger partial charge in [-0.15, -0.1) is 0 Å². The molecule has 2 rings (SSSR count). The number of ether oxygens (including phenoxy) is 1. The Hall–Kier alpha value is -1.26. The third kappa shape index (κ3) is 3.19. The molecule has 1 aliphatic heterocycles. The van der Waals surface area contributed by atoms with Crippen molar-refractivity contribution < 1.29 is 14.6 Å². The molecule has 0 bridgehead atoms. The smallest absolute Gasteiger partial charge is 0.257 e. The highest BCUT2D eigenvalue weighted by atomic mass is 35.5. The maximum absolute atomic E-state index is 12.5. The topological polar surface area (TPSA) is 49.8 Å². The van der Waals surface area contributed by atoms with E-state index >= 15 is 0 Å². The summed E-state index contributed by atoms with van der Waals surface area (Å²) in [6.45, 7) is 1.58. The molecular weight excluding hydrogens is 266 g/mol. The largest absolute Gasteiger partial charge is 0.496 e. The highest BCUT2D eigenvalue weighted by molar-refractivity contribution is 6.31. The zero-order valence-corrected chi connectivity index (χ0v) is 11.7. The first-order valence-electron chi connectivity index (χ1n) is 6.39. The van der Waals surface area contributed by atoms with E-state index in [9.17, 15) is 4.79 Å². The van der Waals surface area contributed by atoms with Crippen LogP contribution in [0.25, 0.3) is 0 Å². The molecular formula is C14H18ClNO3. The van der Waals surface area contributed by atoms with Gasteiger partial charge in [-0.1, -0.05) is 11.6 Å². The van der Waals surface area contributed by atoms with E-state index in [1.54, 1.807) is 30.2 Å². The van der Waals surface area contributed by atoms with E-state index < -0.39 is 0 Å². The van der Waals surface area contributed by atoms with Crippen LogP contribution in [0.4, 0.5) is 0 Å². The van der Waals surface area contributed by atoms with Gasteiger partial charge in [0.1, 0.15) is 5.75 Å². The van der Waals surface area contributed by atoms with E-state index in [2.05, 4.69) is 0 Å². The predicted molar refractivity (Wildman–Crippen MR) is 73.7 cm³/mol. The molecule has 1 heterocycles. The summed E-state index contributed by atoms with van der Waals surface area (Å²) in [5, 5.41) is 9.47. The minimum absolute atomic E-state index is 0.0558. The number of carbonyl (C=O) groups excluding carboxylic acids is 1. The second kappa shape index (κ2) is 6.26. The Labute approximate surface area is 117 Å². The van der Waals surface area contributed by atoms with Crippen molar-refractivity contribution in [3.8, 4) is 5.75 Å². The van der Waals surface area contributed by atoms with Gasteiger partial charge in [-0.25, -0.2) is 0 Å². The Morgan fingerprint density at radius 2 is 2.37 bits per heavy atom. The van der Waals surface area contributed by atoms with Crippen LogP contribution in [0.2, 0.25) is 5.02 Å². The molecule has 1 fully saturated rings. The zero-order valence-electron chi connectivity index (χ0n) is 10.9. The van der Waals surface area contributed by atoms with Crippen LogP contribution >= 0.6 is 11.6 Å². The molecule has 1 aliphatic rings. The minimum Gasteiger partial charge on any atom is -0.496 e. The fraction of sp³-hybridized carbons (Fsp3) is 0.500. The molecule has 1 saturated heterocycles. The Balaban J connectivity index is 2.14. The number of likely N-dealkylation sites (tertiary alicyclic amines) is 1. The van der Waals surface area contributed by atoms with Crippen LogP contribution in [-0.2, 0) is 0 Å². The lowest BCUT2D eigenvalue weighted by Crippen LogP contribution is -2.29. The maximum Gasteiger partial charge on any atom is 0.257 e. The van der Waals surface area contributed by atoms with Crippen LogP contribution in [0.15, 0.2) is 18.2 Å². The molecule has 1 N–H and O–H groups in total. The molecule has 1 atom stereocenters. The van der Waals surface area contributed by atoms with Gasteiger partial charge >= 0.3 is 0 Å². The van der Waals surface area contributed by atoms with Gasteiger partial charge in [-0.3, -0.25) is 4.79 Å².